The van der Waals surface area contributed by atoms with Gasteiger partial charge in [-0.1, -0.05) is 29.8 Å². The van der Waals surface area contributed by atoms with Crippen molar-refractivity contribution in [1.29, 1.82) is 0 Å². The molecule has 84 valence electrons. The van der Waals surface area contributed by atoms with Crippen molar-refractivity contribution in [1.82, 2.24) is 5.32 Å². The number of nitrogens with one attached hydrogen (secondary N) is 1. The van der Waals surface area contributed by atoms with Crippen molar-refractivity contribution >= 4 is 15.9 Å². The van der Waals surface area contributed by atoms with Crippen LogP contribution in [0.25, 0.3) is 0 Å². The van der Waals surface area contributed by atoms with E-state index < -0.39 is 0 Å². The largest absolute Gasteiger partial charge is 0.319 e. The molecule has 1 nitrogen and oxygen atoms in total. The van der Waals surface area contributed by atoms with Gasteiger partial charge in [0.1, 0.15) is 5.82 Å². The standard InChI is InChI=1S/C12H17BrFN/c1-12(2,8-15-3)7-9-6-10(13)4-5-11(9)14/h4-6,15H,7-8H2,1-3H3. The second kappa shape index (κ2) is 5.08. The molecule has 0 saturated heterocycles. The maximum Gasteiger partial charge on any atom is 0.126 e. The third-order valence-corrected chi connectivity index (χ3v) is 2.83. The van der Waals surface area contributed by atoms with Gasteiger partial charge >= 0.3 is 0 Å². The fourth-order valence-corrected chi connectivity index (χ4v) is 2.14. The van der Waals surface area contributed by atoms with Crippen LogP contribution >= 0.6 is 15.9 Å². The minimum absolute atomic E-state index is 0.0659. The Morgan fingerprint density at radius 3 is 2.67 bits per heavy atom. The van der Waals surface area contributed by atoms with Crippen molar-refractivity contribution in [3.63, 3.8) is 0 Å². The molecule has 0 amide bonds. The minimum atomic E-state index is -0.123. The predicted octanol–water partition coefficient (Wildman–Crippen LogP) is 3.38. The third-order valence-electron chi connectivity index (χ3n) is 2.33. The number of halogens is 2. The molecule has 1 aromatic rings. The zero-order chi connectivity index (χ0) is 11.5. The molecule has 0 heterocycles. The van der Waals surface area contributed by atoms with Crippen LogP contribution in [-0.4, -0.2) is 13.6 Å². The number of hydrogen-bond acceptors (Lipinski definition) is 1. The summed E-state index contributed by atoms with van der Waals surface area (Å²) >= 11 is 3.36. The van der Waals surface area contributed by atoms with Crippen LogP contribution in [0.3, 0.4) is 0 Å². The Kier molecular flexibility index (Phi) is 4.29. The van der Waals surface area contributed by atoms with Crippen LogP contribution in [0.5, 0.6) is 0 Å². The van der Waals surface area contributed by atoms with Crippen molar-refractivity contribution in [2.45, 2.75) is 20.3 Å². The zero-order valence-electron chi connectivity index (χ0n) is 9.40. The van der Waals surface area contributed by atoms with Gasteiger partial charge < -0.3 is 5.32 Å². The minimum Gasteiger partial charge on any atom is -0.319 e. The van der Waals surface area contributed by atoms with E-state index >= 15 is 0 Å². The zero-order valence-corrected chi connectivity index (χ0v) is 11.0. The first kappa shape index (κ1) is 12.7. The van der Waals surface area contributed by atoms with Gasteiger partial charge in [0.2, 0.25) is 0 Å². The summed E-state index contributed by atoms with van der Waals surface area (Å²) in [5.41, 5.74) is 0.834. The highest BCUT2D eigenvalue weighted by atomic mass is 79.9. The first-order valence-corrected chi connectivity index (χ1v) is 5.82. The van der Waals surface area contributed by atoms with E-state index in [-0.39, 0.29) is 11.2 Å². The van der Waals surface area contributed by atoms with Gasteiger partial charge in [0.15, 0.2) is 0 Å². The molecule has 1 rings (SSSR count). The number of benzene rings is 1. The van der Waals surface area contributed by atoms with E-state index in [1.807, 2.05) is 13.1 Å². The quantitative estimate of drug-likeness (QED) is 0.887. The molecular weight excluding hydrogens is 257 g/mol. The Morgan fingerprint density at radius 2 is 2.07 bits per heavy atom. The summed E-state index contributed by atoms with van der Waals surface area (Å²) in [7, 11) is 1.92. The molecule has 0 unspecified atom stereocenters. The summed E-state index contributed by atoms with van der Waals surface area (Å²) in [6, 6.07) is 5.09. The fourth-order valence-electron chi connectivity index (χ4n) is 1.74. The lowest BCUT2D eigenvalue weighted by atomic mass is 9.85. The summed E-state index contributed by atoms with van der Waals surface area (Å²) in [6.45, 7) is 5.13. The second-order valence-electron chi connectivity index (χ2n) is 4.61. The molecule has 0 aliphatic heterocycles. The first-order chi connectivity index (χ1) is 6.94. The average Bonchev–Trinajstić information content (AvgIpc) is 2.10. The van der Waals surface area contributed by atoms with Crippen LogP contribution in [0.15, 0.2) is 22.7 Å². The molecule has 0 spiro atoms. The number of hydrogen-bond donors (Lipinski definition) is 1. The van der Waals surface area contributed by atoms with Crippen molar-refractivity contribution in [2.24, 2.45) is 5.41 Å². The van der Waals surface area contributed by atoms with Crippen LogP contribution in [-0.2, 0) is 6.42 Å². The summed E-state index contributed by atoms with van der Waals surface area (Å²) in [5.74, 6) is -0.123. The van der Waals surface area contributed by atoms with Gasteiger partial charge in [-0.15, -0.1) is 0 Å². The molecule has 0 atom stereocenters. The fraction of sp³-hybridized carbons (Fsp3) is 0.500. The van der Waals surface area contributed by atoms with E-state index in [2.05, 4.69) is 35.1 Å². The van der Waals surface area contributed by atoms with Crippen molar-refractivity contribution in [3.8, 4) is 0 Å². The third kappa shape index (κ3) is 3.92. The van der Waals surface area contributed by atoms with Crippen LogP contribution in [0, 0.1) is 11.2 Å². The van der Waals surface area contributed by atoms with Crippen LogP contribution in [0.1, 0.15) is 19.4 Å². The maximum atomic E-state index is 13.5. The summed E-state index contributed by atoms with van der Waals surface area (Å²) in [4.78, 5) is 0. The number of rotatable bonds is 4. The molecule has 0 bridgehead atoms. The van der Waals surface area contributed by atoms with E-state index in [0.717, 1.165) is 23.0 Å². The van der Waals surface area contributed by atoms with Gasteiger partial charge in [0.25, 0.3) is 0 Å². The first-order valence-electron chi connectivity index (χ1n) is 5.03. The molecule has 3 heteroatoms. The van der Waals surface area contributed by atoms with Gasteiger partial charge in [0.05, 0.1) is 0 Å². The van der Waals surface area contributed by atoms with E-state index in [1.165, 1.54) is 6.07 Å². The van der Waals surface area contributed by atoms with Crippen LogP contribution in [0.2, 0.25) is 0 Å². The predicted molar refractivity (Wildman–Crippen MR) is 65.5 cm³/mol. The SMILES string of the molecule is CNCC(C)(C)Cc1cc(Br)ccc1F. The smallest absolute Gasteiger partial charge is 0.126 e. The average molecular weight is 274 g/mol. The van der Waals surface area contributed by atoms with Crippen LogP contribution in [0.4, 0.5) is 4.39 Å². The molecule has 0 saturated carbocycles. The van der Waals surface area contributed by atoms with E-state index in [9.17, 15) is 4.39 Å². The lowest BCUT2D eigenvalue weighted by molar-refractivity contribution is 0.344. The molecule has 0 aliphatic rings. The van der Waals surface area contributed by atoms with Crippen molar-refractivity contribution < 1.29 is 4.39 Å². The summed E-state index contributed by atoms with van der Waals surface area (Å²) in [5, 5.41) is 3.13. The van der Waals surface area contributed by atoms with Gasteiger partial charge in [-0.05, 0) is 42.6 Å². The Labute approximate surface area is 99.2 Å². The highest BCUT2D eigenvalue weighted by molar-refractivity contribution is 9.10. The van der Waals surface area contributed by atoms with Gasteiger partial charge in [-0.3, -0.25) is 0 Å². The normalized spacial score (nSPS) is 11.8. The topological polar surface area (TPSA) is 12.0 Å². The molecule has 0 aliphatic carbocycles. The summed E-state index contributed by atoms with van der Waals surface area (Å²) < 4.78 is 14.4. The van der Waals surface area contributed by atoms with Crippen LogP contribution < -0.4 is 5.32 Å². The molecule has 15 heavy (non-hydrogen) atoms. The molecule has 1 N–H and O–H groups in total. The van der Waals surface area contributed by atoms with Gasteiger partial charge in [-0.2, -0.15) is 0 Å². The monoisotopic (exact) mass is 273 g/mol. The highest BCUT2D eigenvalue weighted by Crippen LogP contribution is 2.24. The molecule has 0 aromatic heterocycles. The van der Waals surface area contributed by atoms with E-state index in [4.69, 9.17) is 0 Å². The molecule has 1 aromatic carbocycles. The molecular formula is C12H17BrFN. The lowest BCUT2D eigenvalue weighted by Crippen LogP contribution is -2.29. The second-order valence-corrected chi connectivity index (χ2v) is 5.52. The van der Waals surface area contributed by atoms with E-state index in [1.54, 1.807) is 6.07 Å². The van der Waals surface area contributed by atoms with Gasteiger partial charge in [0, 0.05) is 11.0 Å². The Hall–Kier alpha value is -0.410. The Bertz CT molecular complexity index is 336. The maximum absolute atomic E-state index is 13.5. The van der Waals surface area contributed by atoms with E-state index in [0.29, 0.717) is 0 Å². The molecule has 0 radical (unpaired) electrons. The lowest BCUT2D eigenvalue weighted by Gasteiger charge is -2.24. The Balaban J connectivity index is 2.83. The highest BCUT2D eigenvalue weighted by Gasteiger charge is 2.19. The van der Waals surface area contributed by atoms with Crippen molar-refractivity contribution in [3.05, 3.63) is 34.1 Å². The molecule has 0 fully saturated rings. The van der Waals surface area contributed by atoms with Gasteiger partial charge in [-0.25, -0.2) is 4.39 Å². The summed E-state index contributed by atoms with van der Waals surface area (Å²) in [6.07, 6.45) is 0.735. The Morgan fingerprint density at radius 1 is 1.40 bits per heavy atom. The van der Waals surface area contributed by atoms with Crippen molar-refractivity contribution in [2.75, 3.05) is 13.6 Å².